The minimum atomic E-state index is -3.39. The van der Waals surface area contributed by atoms with E-state index in [1.165, 1.54) is 42.6 Å². The molecule has 2 fully saturated rings. The minimum Gasteiger partial charge on any atom is -0.333 e. The quantitative estimate of drug-likeness (QED) is 0.772. The highest BCUT2D eigenvalue weighted by molar-refractivity contribution is 7.89. The number of rotatable bonds is 6. The normalized spacial score (nSPS) is 20.7. The zero-order valence-corrected chi connectivity index (χ0v) is 16.3. The van der Waals surface area contributed by atoms with Crippen LogP contribution in [0.25, 0.3) is 0 Å². The Morgan fingerprint density at radius 3 is 2.35 bits per heavy atom. The average Bonchev–Trinajstić information content (AvgIpc) is 2.69. The Bertz CT molecular complexity index is 710. The van der Waals surface area contributed by atoms with E-state index in [2.05, 4.69) is 6.07 Å². The number of sulfonamides is 1. The standard InChI is InChI=1S/C20H29N3O2S/c21-12-4-5-13-22-14-16-23(17-15-22)26(24,25)20-10-8-19(9-11-20)18-6-2-1-3-7-18/h8-11,18H,1-7,13-17H2/p+1. The molecule has 1 aromatic carbocycles. The molecule has 26 heavy (non-hydrogen) atoms. The van der Waals surface area contributed by atoms with Gasteiger partial charge in [-0.3, -0.25) is 0 Å². The van der Waals surface area contributed by atoms with Crippen molar-refractivity contribution in [1.82, 2.24) is 4.31 Å². The Morgan fingerprint density at radius 2 is 1.73 bits per heavy atom. The average molecular weight is 377 g/mol. The van der Waals surface area contributed by atoms with Crippen LogP contribution in [0.4, 0.5) is 0 Å². The van der Waals surface area contributed by atoms with Crippen LogP contribution in [0.5, 0.6) is 0 Å². The maximum absolute atomic E-state index is 12.9. The molecule has 1 saturated carbocycles. The van der Waals surface area contributed by atoms with Crippen molar-refractivity contribution in [2.75, 3.05) is 32.7 Å². The van der Waals surface area contributed by atoms with Crippen LogP contribution in [0.1, 0.15) is 56.4 Å². The third-order valence-electron chi connectivity index (χ3n) is 5.84. The summed E-state index contributed by atoms with van der Waals surface area (Å²) in [4.78, 5) is 1.82. The van der Waals surface area contributed by atoms with Crippen molar-refractivity contribution >= 4 is 10.0 Å². The van der Waals surface area contributed by atoms with Gasteiger partial charge in [-0.25, -0.2) is 8.42 Å². The molecule has 1 aromatic rings. The van der Waals surface area contributed by atoms with Crippen LogP contribution in [-0.2, 0) is 10.0 Å². The van der Waals surface area contributed by atoms with Crippen LogP contribution in [0.3, 0.4) is 0 Å². The summed E-state index contributed by atoms with van der Waals surface area (Å²) in [5.74, 6) is 0.598. The summed E-state index contributed by atoms with van der Waals surface area (Å²) in [6.45, 7) is 3.73. The number of nitriles is 1. The molecule has 0 bridgehead atoms. The zero-order valence-electron chi connectivity index (χ0n) is 15.5. The van der Waals surface area contributed by atoms with Crippen molar-refractivity contribution in [1.29, 1.82) is 5.26 Å². The van der Waals surface area contributed by atoms with Crippen LogP contribution in [0, 0.1) is 11.3 Å². The summed E-state index contributed by atoms with van der Waals surface area (Å²) < 4.78 is 27.5. The summed E-state index contributed by atoms with van der Waals surface area (Å²) in [6.07, 6.45) is 7.82. The van der Waals surface area contributed by atoms with E-state index in [0.717, 1.165) is 26.1 Å². The highest BCUT2D eigenvalue weighted by Gasteiger charge is 2.30. The molecule has 2 aliphatic rings. The van der Waals surface area contributed by atoms with Gasteiger partial charge in [0.25, 0.3) is 0 Å². The Hall–Kier alpha value is -1.42. The number of nitrogens with zero attached hydrogens (tertiary/aromatic N) is 2. The SMILES string of the molecule is N#CCCC[NH+]1CCN(S(=O)(=O)c2ccc(C3CCCCC3)cc2)CC1. The molecule has 0 radical (unpaired) electrons. The second kappa shape index (κ2) is 8.98. The summed E-state index contributed by atoms with van der Waals surface area (Å²) >= 11 is 0. The molecule has 142 valence electrons. The molecule has 1 aliphatic carbocycles. The van der Waals surface area contributed by atoms with Crippen molar-refractivity contribution in [2.24, 2.45) is 0 Å². The number of hydrogen-bond acceptors (Lipinski definition) is 3. The van der Waals surface area contributed by atoms with Crippen LogP contribution >= 0.6 is 0 Å². The number of hydrogen-bond donors (Lipinski definition) is 1. The lowest BCUT2D eigenvalue weighted by molar-refractivity contribution is -0.903. The lowest BCUT2D eigenvalue weighted by Gasteiger charge is -2.31. The molecule has 0 amide bonds. The Kier molecular flexibility index (Phi) is 6.68. The van der Waals surface area contributed by atoms with E-state index in [0.29, 0.717) is 30.3 Å². The fourth-order valence-corrected chi connectivity index (χ4v) is 5.65. The molecular formula is C20H30N3O2S+. The lowest BCUT2D eigenvalue weighted by atomic mass is 9.84. The topological polar surface area (TPSA) is 65.6 Å². The molecule has 1 saturated heterocycles. The first-order valence-corrected chi connectivity index (χ1v) is 11.4. The highest BCUT2D eigenvalue weighted by Crippen LogP contribution is 2.33. The molecule has 0 aromatic heterocycles. The lowest BCUT2D eigenvalue weighted by Crippen LogP contribution is -3.14. The first kappa shape index (κ1) is 19.3. The maximum Gasteiger partial charge on any atom is 0.243 e. The second-order valence-corrected chi connectivity index (χ2v) is 9.51. The molecule has 0 spiro atoms. The third-order valence-corrected chi connectivity index (χ3v) is 7.76. The third kappa shape index (κ3) is 4.64. The number of unbranched alkanes of at least 4 members (excludes halogenated alkanes) is 1. The molecule has 5 nitrogen and oxygen atoms in total. The molecular weight excluding hydrogens is 346 g/mol. The monoisotopic (exact) mass is 376 g/mol. The molecule has 6 heteroatoms. The first-order valence-electron chi connectivity index (χ1n) is 9.92. The van der Waals surface area contributed by atoms with E-state index >= 15 is 0 Å². The summed E-state index contributed by atoms with van der Waals surface area (Å²) in [7, 11) is -3.39. The predicted molar refractivity (Wildman–Crippen MR) is 101 cm³/mol. The van der Waals surface area contributed by atoms with Gasteiger partial charge >= 0.3 is 0 Å². The molecule has 0 unspecified atom stereocenters. The largest absolute Gasteiger partial charge is 0.333 e. The number of quaternary nitrogens is 1. The fourth-order valence-electron chi connectivity index (χ4n) is 4.21. The zero-order chi connectivity index (χ0) is 18.4. The van der Waals surface area contributed by atoms with Crippen molar-refractivity contribution in [3.05, 3.63) is 29.8 Å². The summed E-state index contributed by atoms with van der Waals surface area (Å²) in [6, 6.07) is 9.80. The minimum absolute atomic E-state index is 0.421. The van der Waals surface area contributed by atoms with E-state index in [1.54, 1.807) is 16.4 Å². The molecule has 3 rings (SSSR count). The highest BCUT2D eigenvalue weighted by atomic mass is 32.2. The molecule has 1 aliphatic heterocycles. The van der Waals surface area contributed by atoms with Crippen LogP contribution in [0.15, 0.2) is 29.2 Å². The van der Waals surface area contributed by atoms with Gasteiger partial charge in [-0.15, -0.1) is 0 Å². The van der Waals surface area contributed by atoms with Crippen molar-refractivity contribution in [3.63, 3.8) is 0 Å². The van der Waals surface area contributed by atoms with E-state index in [1.807, 2.05) is 12.1 Å². The van der Waals surface area contributed by atoms with Gasteiger partial charge in [-0.1, -0.05) is 31.4 Å². The van der Waals surface area contributed by atoms with Gasteiger partial charge in [-0.2, -0.15) is 9.57 Å². The molecule has 0 atom stereocenters. The number of nitrogens with one attached hydrogen (secondary N) is 1. The van der Waals surface area contributed by atoms with Crippen LogP contribution in [0.2, 0.25) is 0 Å². The Morgan fingerprint density at radius 1 is 1.08 bits per heavy atom. The van der Waals surface area contributed by atoms with E-state index in [9.17, 15) is 8.42 Å². The van der Waals surface area contributed by atoms with Crippen molar-refractivity contribution < 1.29 is 13.3 Å². The predicted octanol–water partition coefficient (Wildman–Crippen LogP) is 1.93. The van der Waals surface area contributed by atoms with Crippen molar-refractivity contribution in [2.45, 2.75) is 55.8 Å². The first-order chi connectivity index (χ1) is 12.6. The smallest absolute Gasteiger partial charge is 0.243 e. The van der Waals surface area contributed by atoms with Gasteiger partial charge in [0, 0.05) is 12.8 Å². The molecule has 1 heterocycles. The van der Waals surface area contributed by atoms with E-state index in [-0.39, 0.29) is 0 Å². The maximum atomic E-state index is 12.9. The van der Waals surface area contributed by atoms with Crippen LogP contribution in [-0.4, -0.2) is 45.4 Å². The van der Waals surface area contributed by atoms with Gasteiger partial charge in [-0.05, 0) is 36.5 Å². The summed E-state index contributed by atoms with van der Waals surface area (Å²) in [5.41, 5.74) is 1.29. The van der Waals surface area contributed by atoms with Crippen molar-refractivity contribution in [3.8, 4) is 6.07 Å². The van der Waals surface area contributed by atoms with Gasteiger partial charge in [0.05, 0.1) is 43.7 Å². The Labute approximate surface area is 157 Å². The van der Waals surface area contributed by atoms with Gasteiger partial charge in [0.1, 0.15) is 0 Å². The number of benzene rings is 1. The van der Waals surface area contributed by atoms with Gasteiger partial charge in [0.2, 0.25) is 10.0 Å². The fraction of sp³-hybridized carbons (Fsp3) is 0.650. The number of piperazine rings is 1. The van der Waals surface area contributed by atoms with E-state index in [4.69, 9.17) is 5.26 Å². The molecule has 1 N–H and O–H groups in total. The summed E-state index contributed by atoms with van der Waals surface area (Å²) in [5, 5.41) is 8.63. The van der Waals surface area contributed by atoms with Gasteiger partial charge < -0.3 is 4.90 Å². The van der Waals surface area contributed by atoms with Gasteiger partial charge in [0.15, 0.2) is 0 Å². The second-order valence-electron chi connectivity index (χ2n) is 7.57. The van der Waals surface area contributed by atoms with E-state index < -0.39 is 10.0 Å². The Balaban J connectivity index is 1.59. The van der Waals surface area contributed by atoms with Crippen LogP contribution < -0.4 is 4.90 Å².